The number of ether oxygens (including phenoxy) is 1. The van der Waals surface area contributed by atoms with E-state index in [1.807, 2.05) is 19.1 Å². The summed E-state index contributed by atoms with van der Waals surface area (Å²) in [5, 5.41) is 0. The normalized spacial score (nSPS) is 15.3. The molecule has 3 aromatic rings. The van der Waals surface area contributed by atoms with Crippen LogP contribution in [0.25, 0.3) is 11.1 Å². The van der Waals surface area contributed by atoms with Crippen LogP contribution in [0.4, 0.5) is 22.0 Å². The summed E-state index contributed by atoms with van der Waals surface area (Å²) in [5.41, 5.74) is 1.98. The summed E-state index contributed by atoms with van der Waals surface area (Å²) < 4.78 is 75.8. The van der Waals surface area contributed by atoms with Gasteiger partial charge in [-0.25, -0.2) is 22.0 Å². The number of alkyl halides is 2. The van der Waals surface area contributed by atoms with Crippen molar-refractivity contribution in [1.82, 2.24) is 0 Å². The van der Waals surface area contributed by atoms with E-state index in [1.165, 1.54) is 12.1 Å². The number of unbranched alkanes of at least 4 members (excludes halogenated alkanes) is 1. The Kier molecular flexibility index (Phi) is 7.13. The van der Waals surface area contributed by atoms with Crippen LogP contribution in [0.3, 0.4) is 0 Å². The highest BCUT2D eigenvalue weighted by Gasteiger charge is 2.31. The fraction of sp³-hybridized carbons (Fsp3) is 0.333. The van der Waals surface area contributed by atoms with Gasteiger partial charge in [0.2, 0.25) is 0 Å². The van der Waals surface area contributed by atoms with Gasteiger partial charge in [-0.3, -0.25) is 0 Å². The summed E-state index contributed by atoms with van der Waals surface area (Å²) in [6.45, 7) is 2.36. The standard InChI is InChI=1S/C27H25F5O/c1-2-16-7-9-17(10-8-16)20-13-12-19(24(28)26(20)30)6-4-3-5-18-11-14-21(22-15-33-22)25(29)23(18)27(31)32/h7-14,22,27H,2-6,15H2,1H3. The second-order valence-electron chi connectivity index (χ2n) is 8.32. The molecule has 0 N–H and O–H groups in total. The third-order valence-corrected chi connectivity index (χ3v) is 6.18. The van der Waals surface area contributed by atoms with E-state index in [-0.39, 0.29) is 35.1 Å². The van der Waals surface area contributed by atoms with Gasteiger partial charge >= 0.3 is 0 Å². The maximum atomic E-state index is 14.7. The Balaban J connectivity index is 1.41. The molecule has 1 aliphatic rings. The molecule has 6 heteroatoms. The van der Waals surface area contributed by atoms with Crippen LogP contribution in [0.1, 0.15) is 60.1 Å². The molecule has 1 saturated heterocycles. The van der Waals surface area contributed by atoms with Crippen molar-refractivity contribution in [3.05, 3.63) is 93.8 Å². The lowest BCUT2D eigenvalue weighted by Gasteiger charge is -2.13. The van der Waals surface area contributed by atoms with Crippen LogP contribution in [-0.4, -0.2) is 6.61 Å². The van der Waals surface area contributed by atoms with Crippen molar-refractivity contribution in [3.63, 3.8) is 0 Å². The van der Waals surface area contributed by atoms with Crippen LogP contribution in [0.5, 0.6) is 0 Å². The second-order valence-corrected chi connectivity index (χ2v) is 8.32. The first-order valence-electron chi connectivity index (χ1n) is 11.2. The highest BCUT2D eigenvalue weighted by Crippen LogP contribution is 2.37. The van der Waals surface area contributed by atoms with Gasteiger partial charge < -0.3 is 4.74 Å². The van der Waals surface area contributed by atoms with Gasteiger partial charge in [-0.05, 0) is 54.4 Å². The third kappa shape index (κ3) is 5.11. The Morgan fingerprint density at radius 3 is 2.06 bits per heavy atom. The predicted octanol–water partition coefficient (Wildman–Crippen LogP) is 7.91. The molecule has 174 valence electrons. The van der Waals surface area contributed by atoms with Crippen molar-refractivity contribution < 1.29 is 26.7 Å². The van der Waals surface area contributed by atoms with E-state index in [0.29, 0.717) is 25.0 Å². The van der Waals surface area contributed by atoms with Gasteiger partial charge in [-0.1, -0.05) is 55.5 Å². The minimum Gasteiger partial charge on any atom is -0.368 e. The van der Waals surface area contributed by atoms with Gasteiger partial charge in [0.25, 0.3) is 6.43 Å². The number of aryl methyl sites for hydroxylation is 3. The Morgan fingerprint density at radius 1 is 0.818 bits per heavy atom. The van der Waals surface area contributed by atoms with Crippen LogP contribution in [0.2, 0.25) is 0 Å². The Bertz CT molecular complexity index is 1120. The zero-order valence-corrected chi connectivity index (χ0v) is 18.3. The quantitative estimate of drug-likeness (QED) is 0.180. The average molecular weight is 460 g/mol. The monoisotopic (exact) mass is 460 g/mol. The van der Waals surface area contributed by atoms with Gasteiger partial charge in [0.1, 0.15) is 11.9 Å². The largest absolute Gasteiger partial charge is 0.368 e. The molecule has 0 saturated carbocycles. The summed E-state index contributed by atoms with van der Waals surface area (Å²) in [7, 11) is 0. The lowest BCUT2D eigenvalue weighted by Crippen LogP contribution is -2.04. The molecule has 0 spiro atoms. The van der Waals surface area contributed by atoms with Gasteiger partial charge in [0.15, 0.2) is 11.6 Å². The molecule has 0 aliphatic carbocycles. The molecular formula is C27H25F5O. The van der Waals surface area contributed by atoms with Gasteiger partial charge in [0.05, 0.1) is 12.2 Å². The summed E-state index contributed by atoms with van der Waals surface area (Å²) in [4.78, 5) is 0. The van der Waals surface area contributed by atoms with E-state index in [4.69, 9.17) is 4.74 Å². The molecule has 4 rings (SSSR count). The zero-order valence-electron chi connectivity index (χ0n) is 18.3. The molecule has 1 unspecified atom stereocenters. The van der Waals surface area contributed by atoms with Gasteiger partial charge in [-0.2, -0.15) is 0 Å². The van der Waals surface area contributed by atoms with Gasteiger partial charge in [0, 0.05) is 11.1 Å². The molecule has 1 fully saturated rings. The van der Waals surface area contributed by atoms with Crippen LogP contribution in [-0.2, 0) is 24.0 Å². The number of epoxide rings is 1. The Labute approximate surface area is 190 Å². The first kappa shape index (κ1) is 23.4. The second kappa shape index (κ2) is 10.0. The highest BCUT2D eigenvalue weighted by atomic mass is 19.3. The minimum atomic E-state index is -2.93. The molecule has 0 radical (unpaired) electrons. The predicted molar refractivity (Wildman–Crippen MR) is 118 cm³/mol. The highest BCUT2D eigenvalue weighted by molar-refractivity contribution is 5.65. The fourth-order valence-corrected chi connectivity index (χ4v) is 4.14. The summed E-state index contributed by atoms with van der Waals surface area (Å²) in [5.74, 6) is -2.68. The first-order chi connectivity index (χ1) is 15.9. The maximum absolute atomic E-state index is 14.7. The number of benzene rings is 3. The van der Waals surface area contributed by atoms with E-state index in [1.54, 1.807) is 24.3 Å². The van der Waals surface area contributed by atoms with Crippen molar-refractivity contribution in [2.75, 3.05) is 6.61 Å². The first-order valence-corrected chi connectivity index (χ1v) is 11.2. The van der Waals surface area contributed by atoms with Crippen molar-refractivity contribution in [1.29, 1.82) is 0 Å². The molecule has 0 bridgehead atoms. The van der Waals surface area contributed by atoms with Crippen molar-refractivity contribution in [2.45, 2.75) is 51.6 Å². The van der Waals surface area contributed by atoms with Crippen molar-refractivity contribution in [3.8, 4) is 11.1 Å². The fourth-order valence-electron chi connectivity index (χ4n) is 4.14. The molecule has 1 heterocycles. The van der Waals surface area contributed by atoms with E-state index >= 15 is 0 Å². The average Bonchev–Trinajstić information content (AvgIpc) is 3.64. The number of hydrogen-bond donors (Lipinski definition) is 0. The van der Waals surface area contributed by atoms with Crippen LogP contribution >= 0.6 is 0 Å². The summed E-state index contributed by atoms with van der Waals surface area (Å²) in [6.07, 6.45) is -1.11. The topological polar surface area (TPSA) is 12.5 Å². The molecular weight excluding hydrogens is 435 g/mol. The van der Waals surface area contributed by atoms with E-state index in [9.17, 15) is 22.0 Å². The molecule has 3 aromatic carbocycles. The Hall–Kier alpha value is -2.73. The number of rotatable bonds is 9. The molecule has 1 aliphatic heterocycles. The molecule has 0 aromatic heterocycles. The van der Waals surface area contributed by atoms with Crippen molar-refractivity contribution in [2.24, 2.45) is 0 Å². The van der Waals surface area contributed by atoms with Crippen LogP contribution in [0, 0.1) is 17.5 Å². The van der Waals surface area contributed by atoms with Crippen LogP contribution < -0.4 is 0 Å². The third-order valence-electron chi connectivity index (χ3n) is 6.18. The zero-order chi connectivity index (χ0) is 23.5. The minimum absolute atomic E-state index is 0.163. The summed E-state index contributed by atoms with van der Waals surface area (Å²) in [6, 6.07) is 13.5. The Morgan fingerprint density at radius 2 is 1.45 bits per heavy atom. The molecule has 33 heavy (non-hydrogen) atoms. The maximum Gasteiger partial charge on any atom is 0.266 e. The van der Waals surface area contributed by atoms with E-state index in [2.05, 4.69) is 0 Å². The number of hydrogen-bond acceptors (Lipinski definition) is 1. The molecule has 0 amide bonds. The SMILES string of the molecule is CCc1ccc(-c2ccc(CCCCc3ccc(C4CO4)c(F)c3C(F)F)c(F)c2F)cc1. The molecule has 1 nitrogen and oxygen atoms in total. The van der Waals surface area contributed by atoms with Gasteiger partial charge in [-0.15, -0.1) is 0 Å². The van der Waals surface area contributed by atoms with Crippen LogP contribution in [0.15, 0.2) is 48.5 Å². The lowest BCUT2D eigenvalue weighted by molar-refractivity contribution is 0.144. The van der Waals surface area contributed by atoms with E-state index in [0.717, 1.165) is 12.0 Å². The molecule has 1 atom stereocenters. The summed E-state index contributed by atoms with van der Waals surface area (Å²) >= 11 is 0. The number of halogens is 5. The van der Waals surface area contributed by atoms with E-state index < -0.39 is 35.5 Å². The smallest absolute Gasteiger partial charge is 0.266 e. The van der Waals surface area contributed by atoms with Crippen molar-refractivity contribution >= 4 is 0 Å². The lowest BCUT2D eigenvalue weighted by atomic mass is 9.95.